The van der Waals surface area contributed by atoms with Crippen LogP contribution in [0.2, 0.25) is 0 Å². The molecule has 2 fully saturated rings. The molecular weight excluding hydrogens is 242 g/mol. The molecule has 0 radical (unpaired) electrons. The number of likely N-dealkylation sites (tertiary alicyclic amines) is 1. The average molecular weight is 269 g/mol. The highest BCUT2D eigenvalue weighted by Gasteiger charge is 2.28. The molecule has 3 N–H and O–H groups in total. The monoisotopic (exact) mass is 269 g/mol. The number of methoxy groups -OCH3 is 1. The van der Waals surface area contributed by atoms with Gasteiger partial charge in [-0.25, -0.2) is 0 Å². The van der Waals surface area contributed by atoms with Crippen LogP contribution in [-0.2, 0) is 9.53 Å². The van der Waals surface area contributed by atoms with Crippen LogP contribution < -0.4 is 11.1 Å². The van der Waals surface area contributed by atoms with Gasteiger partial charge in [-0.1, -0.05) is 6.42 Å². The summed E-state index contributed by atoms with van der Waals surface area (Å²) in [6.45, 7) is 3.72. The number of nitrogens with one attached hydrogen (secondary N) is 1. The maximum absolute atomic E-state index is 12.0. The van der Waals surface area contributed by atoms with Crippen LogP contribution in [0.4, 0.5) is 0 Å². The molecule has 1 heterocycles. The lowest BCUT2D eigenvalue weighted by Crippen LogP contribution is -2.39. The molecule has 1 unspecified atom stereocenters. The van der Waals surface area contributed by atoms with Gasteiger partial charge >= 0.3 is 0 Å². The second kappa shape index (κ2) is 7.22. The summed E-state index contributed by atoms with van der Waals surface area (Å²) in [6, 6.07) is 0.537. The van der Waals surface area contributed by atoms with Crippen LogP contribution in [0.1, 0.15) is 32.1 Å². The maximum Gasteiger partial charge on any atom is 0.220 e. The van der Waals surface area contributed by atoms with E-state index in [1.165, 1.54) is 6.42 Å². The van der Waals surface area contributed by atoms with Gasteiger partial charge in [0, 0.05) is 45.2 Å². The molecule has 19 heavy (non-hydrogen) atoms. The fraction of sp³-hybridized carbons (Fsp3) is 0.929. The summed E-state index contributed by atoms with van der Waals surface area (Å²) in [4.78, 5) is 14.4. The molecular formula is C14H27N3O2. The molecule has 5 nitrogen and oxygen atoms in total. The van der Waals surface area contributed by atoms with Crippen LogP contribution in [0, 0.1) is 5.92 Å². The highest BCUT2D eigenvalue weighted by Crippen LogP contribution is 2.26. The smallest absolute Gasteiger partial charge is 0.220 e. The third-order valence-electron chi connectivity index (χ3n) is 4.41. The zero-order valence-corrected chi connectivity index (χ0v) is 11.9. The third kappa shape index (κ3) is 4.44. The number of amides is 1. The summed E-state index contributed by atoms with van der Waals surface area (Å²) in [6.07, 6.45) is 5.01. The minimum absolute atomic E-state index is 0.181. The average Bonchev–Trinajstić information content (AvgIpc) is 2.97. The predicted octanol–water partition coefficient (Wildman–Crippen LogP) is 0.341. The summed E-state index contributed by atoms with van der Waals surface area (Å²) in [5.74, 6) is 0.576. The molecule has 0 bridgehead atoms. The van der Waals surface area contributed by atoms with Crippen molar-refractivity contribution in [3.63, 3.8) is 0 Å². The van der Waals surface area contributed by atoms with E-state index in [1.54, 1.807) is 7.11 Å². The van der Waals surface area contributed by atoms with Crippen molar-refractivity contribution < 1.29 is 9.53 Å². The van der Waals surface area contributed by atoms with Crippen molar-refractivity contribution >= 4 is 5.91 Å². The molecule has 1 aliphatic carbocycles. The molecule has 0 aromatic heterocycles. The molecule has 2 rings (SSSR count). The standard InChI is InChI=1S/C14H27N3O2/c1-19-8-7-17-6-5-12(10-17)16-14(18)9-11-3-2-4-13(11)15/h11-13H,2-10,15H2,1H3,(H,16,18)/t11-,12?,13+/m0/s1. The first-order valence-electron chi connectivity index (χ1n) is 7.45. The molecule has 1 amide bonds. The van der Waals surface area contributed by atoms with Crippen molar-refractivity contribution in [2.24, 2.45) is 11.7 Å². The first kappa shape index (κ1) is 14.8. The van der Waals surface area contributed by atoms with Crippen molar-refractivity contribution in [2.45, 2.75) is 44.2 Å². The second-order valence-electron chi connectivity index (χ2n) is 5.91. The Kier molecular flexibility index (Phi) is 5.60. The molecule has 1 saturated heterocycles. The van der Waals surface area contributed by atoms with Crippen molar-refractivity contribution in [1.29, 1.82) is 0 Å². The largest absolute Gasteiger partial charge is 0.383 e. The Bertz CT molecular complexity index is 298. The van der Waals surface area contributed by atoms with Gasteiger partial charge < -0.3 is 15.8 Å². The minimum Gasteiger partial charge on any atom is -0.383 e. The molecule has 1 aliphatic heterocycles. The number of ether oxygens (including phenoxy) is 1. The third-order valence-corrected chi connectivity index (χ3v) is 4.41. The van der Waals surface area contributed by atoms with Gasteiger partial charge in [-0.3, -0.25) is 9.69 Å². The number of nitrogens with two attached hydrogens (primary N) is 1. The number of carbonyl (C=O) groups is 1. The lowest BCUT2D eigenvalue weighted by atomic mass is 9.99. The van der Waals surface area contributed by atoms with E-state index in [1.807, 2.05) is 0 Å². The summed E-state index contributed by atoms with van der Waals surface area (Å²) in [5.41, 5.74) is 6.01. The van der Waals surface area contributed by atoms with E-state index in [2.05, 4.69) is 10.2 Å². The Morgan fingerprint density at radius 2 is 2.26 bits per heavy atom. The fourth-order valence-corrected chi connectivity index (χ4v) is 3.22. The van der Waals surface area contributed by atoms with Crippen LogP contribution in [0.15, 0.2) is 0 Å². The maximum atomic E-state index is 12.0. The molecule has 0 aromatic rings. The normalized spacial score (nSPS) is 31.8. The molecule has 0 spiro atoms. The lowest BCUT2D eigenvalue weighted by molar-refractivity contribution is -0.122. The van der Waals surface area contributed by atoms with Crippen LogP contribution >= 0.6 is 0 Å². The van der Waals surface area contributed by atoms with Gasteiger partial charge in [0.25, 0.3) is 0 Å². The molecule has 2 aliphatic rings. The molecule has 110 valence electrons. The highest BCUT2D eigenvalue weighted by molar-refractivity contribution is 5.76. The van der Waals surface area contributed by atoms with Gasteiger partial charge in [-0.15, -0.1) is 0 Å². The quantitative estimate of drug-likeness (QED) is 0.730. The van der Waals surface area contributed by atoms with Gasteiger partial charge in [-0.2, -0.15) is 0 Å². The number of rotatable bonds is 6. The molecule has 3 atom stereocenters. The van der Waals surface area contributed by atoms with Crippen molar-refractivity contribution in [2.75, 3.05) is 33.4 Å². The van der Waals surface area contributed by atoms with E-state index in [0.717, 1.165) is 45.5 Å². The van der Waals surface area contributed by atoms with Crippen LogP contribution in [0.5, 0.6) is 0 Å². The summed E-state index contributed by atoms with van der Waals surface area (Å²) in [5, 5.41) is 3.16. The summed E-state index contributed by atoms with van der Waals surface area (Å²) >= 11 is 0. The summed E-state index contributed by atoms with van der Waals surface area (Å²) < 4.78 is 5.08. The van der Waals surface area contributed by atoms with E-state index >= 15 is 0 Å². The Labute approximate surface area is 115 Å². The molecule has 0 aromatic carbocycles. The number of hydrogen-bond donors (Lipinski definition) is 2. The second-order valence-corrected chi connectivity index (χ2v) is 5.91. The van der Waals surface area contributed by atoms with Gasteiger partial charge in [0.2, 0.25) is 5.91 Å². The number of carbonyl (C=O) groups excluding carboxylic acids is 1. The van der Waals surface area contributed by atoms with E-state index in [9.17, 15) is 4.79 Å². The Morgan fingerprint density at radius 1 is 1.42 bits per heavy atom. The van der Waals surface area contributed by atoms with Gasteiger partial charge in [0.05, 0.1) is 6.61 Å². The van der Waals surface area contributed by atoms with Crippen LogP contribution in [0.25, 0.3) is 0 Å². The van der Waals surface area contributed by atoms with E-state index in [0.29, 0.717) is 18.4 Å². The van der Waals surface area contributed by atoms with E-state index < -0.39 is 0 Å². The zero-order valence-electron chi connectivity index (χ0n) is 11.9. The Balaban J connectivity index is 1.66. The van der Waals surface area contributed by atoms with E-state index in [4.69, 9.17) is 10.5 Å². The van der Waals surface area contributed by atoms with Crippen LogP contribution in [-0.4, -0.2) is 56.2 Å². The Morgan fingerprint density at radius 3 is 2.95 bits per heavy atom. The summed E-state index contributed by atoms with van der Waals surface area (Å²) in [7, 11) is 1.72. The number of nitrogens with zero attached hydrogens (tertiary/aromatic N) is 1. The zero-order chi connectivity index (χ0) is 13.7. The van der Waals surface area contributed by atoms with Crippen molar-refractivity contribution in [3.8, 4) is 0 Å². The first-order chi connectivity index (χ1) is 9.19. The van der Waals surface area contributed by atoms with Crippen molar-refractivity contribution in [1.82, 2.24) is 10.2 Å². The SMILES string of the molecule is COCCN1CCC(NC(=O)C[C@@H]2CCC[C@H]2N)C1. The van der Waals surface area contributed by atoms with Gasteiger partial charge in [-0.05, 0) is 25.2 Å². The fourth-order valence-electron chi connectivity index (χ4n) is 3.22. The van der Waals surface area contributed by atoms with Crippen LogP contribution in [0.3, 0.4) is 0 Å². The van der Waals surface area contributed by atoms with Gasteiger partial charge in [0.1, 0.15) is 0 Å². The number of hydrogen-bond acceptors (Lipinski definition) is 4. The lowest BCUT2D eigenvalue weighted by Gasteiger charge is -2.18. The van der Waals surface area contributed by atoms with Crippen molar-refractivity contribution in [3.05, 3.63) is 0 Å². The molecule has 1 saturated carbocycles. The predicted molar refractivity (Wildman–Crippen MR) is 74.8 cm³/mol. The van der Waals surface area contributed by atoms with Gasteiger partial charge in [0.15, 0.2) is 0 Å². The van der Waals surface area contributed by atoms with E-state index in [-0.39, 0.29) is 11.9 Å². The topological polar surface area (TPSA) is 67.6 Å². The molecule has 5 heteroatoms. The Hall–Kier alpha value is -0.650. The highest BCUT2D eigenvalue weighted by atomic mass is 16.5. The first-order valence-corrected chi connectivity index (χ1v) is 7.45. The minimum atomic E-state index is 0.181.